The number of hydrogen-bond donors (Lipinski definition) is 1. The SMILES string of the molecule is O=C(NC[C@H]1CC(Cc2cccc(F)c2)=NO1)c1ccc(-c2ccccc2)cc1. The highest BCUT2D eigenvalue weighted by Gasteiger charge is 2.22. The predicted molar refractivity (Wildman–Crippen MR) is 111 cm³/mol. The fourth-order valence-corrected chi connectivity index (χ4v) is 3.34. The van der Waals surface area contributed by atoms with E-state index in [9.17, 15) is 9.18 Å². The van der Waals surface area contributed by atoms with E-state index in [1.807, 2.05) is 60.7 Å². The fraction of sp³-hybridized carbons (Fsp3) is 0.167. The van der Waals surface area contributed by atoms with Crippen LogP contribution in [0.3, 0.4) is 0 Å². The Balaban J connectivity index is 1.27. The highest BCUT2D eigenvalue weighted by atomic mass is 19.1. The van der Waals surface area contributed by atoms with Crippen LogP contribution in [-0.4, -0.2) is 24.3 Å². The lowest BCUT2D eigenvalue weighted by Gasteiger charge is -2.10. The quantitative estimate of drug-likeness (QED) is 0.670. The summed E-state index contributed by atoms with van der Waals surface area (Å²) in [5, 5.41) is 6.98. The van der Waals surface area contributed by atoms with Crippen molar-refractivity contribution < 1.29 is 14.0 Å². The third kappa shape index (κ3) is 4.88. The molecule has 0 fully saturated rings. The molecule has 1 atom stereocenters. The van der Waals surface area contributed by atoms with Crippen molar-refractivity contribution in [1.29, 1.82) is 0 Å². The second kappa shape index (κ2) is 8.69. The highest BCUT2D eigenvalue weighted by molar-refractivity contribution is 5.94. The summed E-state index contributed by atoms with van der Waals surface area (Å²) in [6, 6.07) is 24.0. The lowest BCUT2D eigenvalue weighted by Crippen LogP contribution is -2.32. The van der Waals surface area contributed by atoms with Gasteiger partial charge in [0.2, 0.25) is 0 Å². The van der Waals surface area contributed by atoms with Crippen molar-refractivity contribution in [2.45, 2.75) is 18.9 Å². The minimum Gasteiger partial charge on any atom is -0.390 e. The van der Waals surface area contributed by atoms with Crippen LogP contribution in [-0.2, 0) is 11.3 Å². The lowest BCUT2D eigenvalue weighted by atomic mass is 10.0. The standard InChI is InChI=1S/C24H21FN2O2/c25-21-8-4-5-17(13-21)14-22-15-23(29-27-22)16-26-24(28)20-11-9-19(10-12-20)18-6-2-1-3-7-18/h1-13,23H,14-16H2,(H,26,28)/t23-/m1/s1. The molecule has 1 aliphatic rings. The number of carbonyl (C=O) groups excluding carboxylic acids is 1. The summed E-state index contributed by atoms with van der Waals surface area (Å²) in [4.78, 5) is 17.8. The maximum atomic E-state index is 13.3. The first-order chi connectivity index (χ1) is 14.2. The maximum Gasteiger partial charge on any atom is 0.251 e. The van der Waals surface area contributed by atoms with Crippen LogP contribution < -0.4 is 5.32 Å². The Morgan fingerprint density at radius 3 is 2.52 bits per heavy atom. The van der Waals surface area contributed by atoms with Crippen LogP contribution in [0.1, 0.15) is 22.3 Å². The van der Waals surface area contributed by atoms with Gasteiger partial charge in [0.1, 0.15) is 11.9 Å². The van der Waals surface area contributed by atoms with Crippen LogP contribution in [0, 0.1) is 5.82 Å². The molecule has 3 aromatic rings. The van der Waals surface area contributed by atoms with Crippen molar-refractivity contribution in [3.05, 3.63) is 95.8 Å². The molecule has 1 heterocycles. The van der Waals surface area contributed by atoms with Gasteiger partial charge in [-0.05, 0) is 41.0 Å². The molecule has 0 radical (unpaired) electrons. The first kappa shape index (κ1) is 18.9. The van der Waals surface area contributed by atoms with Crippen LogP contribution in [0.15, 0.2) is 84.0 Å². The number of carbonyl (C=O) groups is 1. The van der Waals surface area contributed by atoms with Gasteiger partial charge in [0.05, 0.1) is 12.3 Å². The zero-order valence-electron chi connectivity index (χ0n) is 15.8. The summed E-state index contributed by atoms with van der Waals surface area (Å²) in [5.74, 6) is -0.407. The molecule has 1 N–H and O–H groups in total. The van der Waals surface area contributed by atoms with E-state index in [0.717, 1.165) is 22.4 Å². The van der Waals surface area contributed by atoms with Crippen LogP contribution in [0.2, 0.25) is 0 Å². The van der Waals surface area contributed by atoms with Gasteiger partial charge in [0.15, 0.2) is 0 Å². The van der Waals surface area contributed by atoms with Crippen LogP contribution in [0.4, 0.5) is 4.39 Å². The molecule has 0 saturated heterocycles. The molecule has 0 bridgehead atoms. The second-order valence-electron chi connectivity index (χ2n) is 7.05. The van der Waals surface area contributed by atoms with E-state index in [0.29, 0.717) is 24.9 Å². The van der Waals surface area contributed by atoms with Crippen molar-refractivity contribution >= 4 is 11.6 Å². The first-order valence-electron chi connectivity index (χ1n) is 9.57. The molecule has 1 amide bonds. The number of halogens is 1. The molecule has 1 aliphatic heterocycles. The number of amides is 1. The lowest BCUT2D eigenvalue weighted by molar-refractivity contribution is 0.0753. The average molecular weight is 388 g/mol. The van der Waals surface area contributed by atoms with Gasteiger partial charge in [0.25, 0.3) is 5.91 Å². The van der Waals surface area contributed by atoms with Gasteiger partial charge in [-0.1, -0.05) is 59.8 Å². The van der Waals surface area contributed by atoms with Crippen LogP contribution in [0.25, 0.3) is 11.1 Å². The molecular weight excluding hydrogens is 367 g/mol. The summed E-state index contributed by atoms with van der Waals surface area (Å²) < 4.78 is 13.3. The molecule has 146 valence electrons. The number of nitrogens with one attached hydrogen (secondary N) is 1. The summed E-state index contributed by atoms with van der Waals surface area (Å²) in [6.45, 7) is 0.370. The van der Waals surface area contributed by atoms with E-state index in [2.05, 4.69) is 10.5 Å². The predicted octanol–water partition coefficient (Wildman–Crippen LogP) is 4.61. The van der Waals surface area contributed by atoms with Gasteiger partial charge in [-0.2, -0.15) is 0 Å². The molecule has 0 spiro atoms. The minimum absolute atomic E-state index is 0.146. The summed E-state index contributed by atoms with van der Waals surface area (Å²) in [5.41, 5.74) is 4.49. The number of oxime groups is 1. The zero-order chi connectivity index (χ0) is 20.1. The maximum absolute atomic E-state index is 13.3. The van der Waals surface area contributed by atoms with E-state index in [-0.39, 0.29) is 17.8 Å². The Labute approximate surface area is 169 Å². The summed E-state index contributed by atoms with van der Waals surface area (Å²) in [7, 11) is 0. The Morgan fingerprint density at radius 1 is 1.00 bits per heavy atom. The van der Waals surface area contributed by atoms with Crippen LogP contribution in [0.5, 0.6) is 0 Å². The Hall–Kier alpha value is -3.47. The molecule has 5 heteroatoms. The molecule has 3 aromatic carbocycles. The Kier molecular flexibility index (Phi) is 5.66. The number of hydrogen-bond acceptors (Lipinski definition) is 3. The van der Waals surface area contributed by atoms with E-state index >= 15 is 0 Å². The highest BCUT2D eigenvalue weighted by Crippen LogP contribution is 2.19. The fourth-order valence-electron chi connectivity index (χ4n) is 3.34. The van der Waals surface area contributed by atoms with Crippen LogP contribution >= 0.6 is 0 Å². The van der Waals surface area contributed by atoms with E-state index in [1.54, 1.807) is 6.07 Å². The van der Waals surface area contributed by atoms with E-state index in [4.69, 9.17) is 4.84 Å². The summed E-state index contributed by atoms with van der Waals surface area (Å²) >= 11 is 0. The molecule has 0 aliphatic carbocycles. The van der Waals surface area contributed by atoms with E-state index in [1.165, 1.54) is 12.1 Å². The van der Waals surface area contributed by atoms with Crippen molar-refractivity contribution in [2.24, 2.45) is 5.16 Å². The van der Waals surface area contributed by atoms with Gasteiger partial charge in [-0.25, -0.2) is 4.39 Å². The number of nitrogens with zero attached hydrogens (tertiary/aromatic N) is 1. The Bertz CT molecular complexity index is 1020. The minimum atomic E-state index is -0.260. The monoisotopic (exact) mass is 388 g/mol. The van der Waals surface area contributed by atoms with Gasteiger partial charge < -0.3 is 10.2 Å². The summed E-state index contributed by atoms with van der Waals surface area (Å²) in [6.07, 6.45) is 0.957. The number of rotatable bonds is 6. The molecular formula is C24H21FN2O2. The second-order valence-corrected chi connectivity index (χ2v) is 7.05. The average Bonchev–Trinajstić information content (AvgIpc) is 3.20. The van der Waals surface area contributed by atoms with E-state index < -0.39 is 0 Å². The first-order valence-corrected chi connectivity index (χ1v) is 9.57. The third-order valence-corrected chi connectivity index (χ3v) is 4.84. The molecule has 4 nitrogen and oxygen atoms in total. The smallest absolute Gasteiger partial charge is 0.251 e. The number of benzene rings is 3. The molecule has 29 heavy (non-hydrogen) atoms. The Morgan fingerprint density at radius 2 is 1.76 bits per heavy atom. The van der Waals surface area contributed by atoms with Gasteiger partial charge in [0, 0.05) is 18.4 Å². The third-order valence-electron chi connectivity index (χ3n) is 4.84. The van der Waals surface area contributed by atoms with Crippen molar-refractivity contribution in [3.63, 3.8) is 0 Å². The van der Waals surface area contributed by atoms with Gasteiger partial charge in [-0.15, -0.1) is 0 Å². The van der Waals surface area contributed by atoms with Gasteiger partial charge in [-0.3, -0.25) is 4.79 Å². The molecule has 0 saturated carbocycles. The van der Waals surface area contributed by atoms with Crippen molar-refractivity contribution in [1.82, 2.24) is 5.32 Å². The molecule has 0 unspecified atom stereocenters. The van der Waals surface area contributed by atoms with Gasteiger partial charge >= 0.3 is 0 Å². The van der Waals surface area contributed by atoms with Crippen molar-refractivity contribution in [3.8, 4) is 11.1 Å². The largest absolute Gasteiger partial charge is 0.390 e. The molecule has 4 rings (SSSR count). The zero-order valence-corrected chi connectivity index (χ0v) is 15.8. The van der Waals surface area contributed by atoms with Crippen molar-refractivity contribution in [2.75, 3.05) is 6.54 Å². The topological polar surface area (TPSA) is 50.7 Å². The normalized spacial score (nSPS) is 15.5. The molecule has 0 aromatic heterocycles.